The quantitative estimate of drug-likeness (QED) is 0.664. The van der Waals surface area contributed by atoms with Crippen molar-refractivity contribution < 1.29 is 9.59 Å². The minimum atomic E-state index is -0.299. The van der Waals surface area contributed by atoms with Crippen molar-refractivity contribution in [1.29, 1.82) is 0 Å². The van der Waals surface area contributed by atoms with E-state index in [1.165, 1.54) is 13.0 Å². The van der Waals surface area contributed by atoms with Crippen molar-refractivity contribution in [2.24, 2.45) is 0 Å². The van der Waals surface area contributed by atoms with E-state index in [1.807, 2.05) is 0 Å². The number of benzene rings is 2. The molecule has 0 radical (unpaired) electrons. The number of carbonyl (C=O) groups is 2. The van der Waals surface area contributed by atoms with Crippen LogP contribution in [0.4, 0.5) is 5.69 Å². The summed E-state index contributed by atoms with van der Waals surface area (Å²) in [6, 6.07) is 14.7. The Labute approximate surface area is 160 Å². The molecule has 2 aromatic carbocycles. The highest BCUT2D eigenvalue weighted by Crippen LogP contribution is 2.26. The van der Waals surface area contributed by atoms with Gasteiger partial charge in [0, 0.05) is 35.6 Å². The molecule has 7 heteroatoms. The van der Waals surface area contributed by atoms with E-state index in [0.717, 1.165) is 0 Å². The van der Waals surface area contributed by atoms with Crippen LogP contribution in [0.3, 0.4) is 0 Å². The van der Waals surface area contributed by atoms with Gasteiger partial charge in [-0.1, -0.05) is 23.7 Å². The van der Waals surface area contributed by atoms with E-state index in [0.29, 0.717) is 39.5 Å². The Kier molecular flexibility index (Phi) is 5.47. The number of hydrogen-bond donors (Lipinski definition) is 2. The third kappa shape index (κ3) is 4.48. The maximum atomic E-state index is 13.0. The number of carbonyl (C=O) groups excluding carboxylic acids is 2. The second-order valence-corrected chi connectivity index (χ2v) is 6.38. The topological polar surface area (TPSA) is 91.9 Å². The average Bonchev–Trinajstić information content (AvgIpc) is 2.64. The number of hydrogen-bond acceptors (Lipinski definition) is 4. The van der Waals surface area contributed by atoms with Gasteiger partial charge in [0.05, 0.1) is 11.4 Å². The van der Waals surface area contributed by atoms with Crippen molar-refractivity contribution >= 4 is 29.0 Å². The zero-order valence-electron chi connectivity index (χ0n) is 14.5. The Morgan fingerprint density at radius 3 is 2.44 bits per heavy atom. The first-order valence-electron chi connectivity index (χ1n) is 8.18. The van der Waals surface area contributed by atoms with Gasteiger partial charge in [0.15, 0.2) is 5.78 Å². The molecule has 0 fully saturated rings. The molecule has 136 valence electrons. The van der Waals surface area contributed by atoms with Gasteiger partial charge in [-0.2, -0.15) is 5.10 Å². The molecule has 3 rings (SSSR count). The van der Waals surface area contributed by atoms with Gasteiger partial charge < -0.3 is 5.32 Å². The highest BCUT2D eigenvalue weighted by Gasteiger charge is 2.18. The molecule has 1 heterocycles. The van der Waals surface area contributed by atoms with Gasteiger partial charge in [-0.15, -0.1) is 0 Å². The number of ketones is 1. The van der Waals surface area contributed by atoms with Gasteiger partial charge in [0.25, 0.3) is 5.56 Å². The van der Waals surface area contributed by atoms with Crippen LogP contribution in [0.25, 0.3) is 0 Å². The summed E-state index contributed by atoms with van der Waals surface area (Å²) >= 11 is 5.89. The van der Waals surface area contributed by atoms with Gasteiger partial charge in [0.2, 0.25) is 5.91 Å². The van der Waals surface area contributed by atoms with Crippen LogP contribution in [0.15, 0.2) is 59.4 Å². The van der Waals surface area contributed by atoms with Crippen LogP contribution in [-0.2, 0) is 11.2 Å². The summed E-state index contributed by atoms with van der Waals surface area (Å²) in [5.41, 5.74) is 2.28. The molecule has 27 heavy (non-hydrogen) atoms. The summed E-state index contributed by atoms with van der Waals surface area (Å²) in [5, 5.41) is 9.65. The molecule has 1 amide bonds. The molecule has 0 saturated carbocycles. The second-order valence-electron chi connectivity index (χ2n) is 5.95. The molecule has 0 saturated heterocycles. The lowest BCUT2D eigenvalue weighted by molar-refractivity contribution is -0.114. The number of halogens is 1. The number of amides is 1. The Morgan fingerprint density at radius 1 is 1.07 bits per heavy atom. The molecule has 0 atom stereocenters. The molecule has 6 nitrogen and oxygen atoms in total. The Morgan fingerprint density at radius 2 is 1.81 bits per heavy atom. The van der Waals surface area contributed by atoms with E-state index < -0.39 is 0 Å². The second kappa shape index (κ2) is 7.97. The monoisotopic (exact) mass is 381 g/mol. The molecule has 0 aliphatic rings. The lowest BCUT2D eigenvalue weighted by Gasteiger charge is -2.14. The summed E-state index contributed by atoms with van der Waals surface area (Å²) in [6.45, 7) is 1.38. The number of H-pyrrole nitrogens is 1. The molecule has 2 N–H and O–H groups in total. The van der Waals surface area contributed by atoms with Crippen molar-refractivity contribution in [2.75, 3.05) is 5.32 Å². The highest BCUT2D eigenvalue weighted by molar-refractivity contribution is 6.30. The predicted octanol–water partition coefficient (Wildman–Crippen LogP) is 3.20. The molecule has 3 aromatic rings. The fraction of sp³-hybridized carbons (Fsp3) is 0.100. The first-order chi connectivity index (χ1) is 12.9. The first-order valence-corrected chi connectivity index (χ1v) is 8.56. The van der Waals surface area contributed by atoms with Crippen molar-refractivity contribution in [3.05, 3.63) is 92.4 Å². The van der Waals surface area contributed by atoms with Crippen LogP contribution >= 0.6 is 11.6 Å². The number of anilines is 1. The molecule has 0 spiro atoms. The summed E-state index contributed by atoms with van der Waals surface area (Å²) < 4.78 is 0. The van der Waals surface area contributed by atoms with Gasteiger partial charge in [0.1, 0.15) is 0 Å². The zero-order valence-corrected chi connectivity index (χ0v) is 15.2. The highest BCUT2D eigenvalue weighted by atomic mass is 35.5. The van der Waals surface area contributed by atoms with E-state index in [4.69, 9.17) is 11.6 Å². The van der Waals surface area contributed by atoms with Gasteiger partial charge >= 0.3 is 0 Å². The lowest BCUT2D eigenvalue weighted by Crippen LogP contribution is -2.15. The third-order valence-corrected chi connectivity index (χ3v) is 4.16. The maximum Gasteiger partial charge on any atom is 0.264 e. The molecule has 0 unspecified atom stereocenters. The molecule has 0 bridgehead atoms. The number of aromatic amines is 1. The molecule has 0 aliphatic heterocycles. The zero-order chi connectivity index (χ0) is 19.4. The smallest absolute Gasteiger partial charge is 0.264 e. The van der Waals surface area contributed by atoms with Gasteiger partial charge in [-0.3, -0.25) is 14.4 Å². The molecule has 1 aromatic heterocycles. The summed E-state index contributed by atoms with van der Waals surface area (Å²) in [5.74, 6) is -0.520. The van der Waals surface area contributed by atoms with Crippen molar-refractivity contribution in [2.45, 2.75) is 13.3 Å². The van der Waals surface area contributed by atoms with Crippen molar-refractivity contribution in [1.82, 2.24) is 10.2 Å². The fourth-order valence-electron chi connectivity index (χ4n) is 2.68. The largest absolute Gasteiger partial charge is 0.325 e. The van der Waals surface area contributed by atoms with Crippen LogP contribution in [0, 0.1) is 0 Å². The van der Waals surface area contributed by atoms with Gasteiger partial charge in [-0.05, 0) is 42.0 Å². The molecular weight excluding hydrogens is 366 g/mol. The predicted molar refractivity (Wildman–Crippen MR) is 103 cm³/mol. The SMILES string of the molecule is CC(=O)Nc1c(Cc2ccc(=O)[nH]n2)cccc1C(=O)c1ccc(Cl)cc1. The fourth-order valence-corrected chi connectivity index (χ4v) is 2.81. The maximum absolute atomic E-state index is 13.0. The third-order valence-electron chi connectivity index (χ3n) is 3.91. The van der Waals surface area contributed by atoms with Crippen LogP contribution in [-0.4, -0.2) is 21.9 Å². The number of aromatic nitrogens is 2. The van der Waals surface area contributed by atoms with E-state index in [1.54, 1.807) is 48.5 Å². The minimum absolute atomic E-state index is 0.230. The van der Waals surface area contributed by atoms with Crippen LogP contribution in [0.1, 0.15) is 34.1 Å². The van der Waals surface area contributed by atoms with Crippen molar-refractivity contribution in [3.8, 4) is 0 Å². The van der Waals surface area contributed by atoms with E-state index in [-0.39, 0.29) is 17.2 Å². The number of nitrogens with zero attached hydrogens (tertiary/aromatic N) is 1. The normalized spacial score (nSPS) is 10.4. The van der Waals surface area contributed by atoms with Crippen LogP contribution in [0.2, 0.25) is 5.02 Å². The summed E-state index contributed by atoms with van der Waals surface area (Å²) in [6.07, 6.45) is 0.341. The van der Waals surface area contributed by atoms with Crippen LogP contribution in [0.5, 0.6) is 0 Å². The number of nitrogens with one attached hydrogen (secondary N) is 2. The standard InChI is InChI=1S/C20H16ClN3O3/c1-12(25)22-19-14(11-16-9-10-18(26)24-23-16)3-2-4-17(19)20(27)13-5-7-15(21)8-6-13/h2-10H,11H2,1H3,(H,22,25)(H,24,26). The Hall–Kier alpha value is -3.25. The van der Waals surface area contributed by atoms with E-state index in [9.17, 15) is 14.4 Å². The first kappa shape index (κ1) is 18.5. The minimum Gasteiger partial charge on any atom is -0.325 e. The van der Waals surface area contributed by atoms with Crippen LogP contribution < -0.4 is 10.9 Å². The summed E-state index contributed by atoms with van der Waals surface area (Å²) in [7, 11) is 0. The van der Waals surface area contributed by atoms with E-state index >= 15 is 0 Å². The summed E-state index contributed by atoms with van der Waals surface area (Å²) in [4.78, 5) is 35.8. The Balaban J connectivity index is 2.04. The molecular formula is C20H16ClN3O3. The lowest BCUT2D eigenvalue weighted by atomic mass is 9.96. The Bertz CT molecular complexity index is 1040. The number of rotatable bonds is 5. The van der Waals surface area contributed by atoms with Crippen molar-refractivity contribution in [3.63, 3.8) is 0 Å². The molecule has 0 aliphatic carbocycles. The average molecular weight is 382 g/mol. The number of para-hydroxylation sites is 1. The van der Waals surface area contributed by atoms with E-state index in [2.05, 4.69) is 15.5 Å². The van der Waals surface area contributed by atoms with Gasteiger partial charge in [-0.25, -0.2) is 5.10 Å².